The van der Waals surface area contributed by atoms with Crippen molar-refractivity contribution in [2.45, 2.75) is 59.0 Å². The SMILES string of the molecule is CCC(C)(C(=O)O)c1ccc2c(c1)C(=O)CC(C(C)(C)C)O2. The number of carbonyl (C=O) groups is 2. The zero-order chi connectivity index (χ0) is 16.7. The number of Topliss-reactive ketones (excluding diaryl/α,β-unsaturated/α-hetero) is 1. The van der Waals surface area contributed by atoms with Crippen molar-refractivity contribution in [2.75, 3.05) is 0 Å². The van der Waals surface area contributed by atoms with Crippen LogP contribution in [-0.2, 0) is 10.2 Å². The molecule has 1 aliphatic rings. The number of ether oxygens (including phenoxy) is 1. The van der Waals surface area contributed by atoms with Crippen molar-refractivity contribution >= 4 is 11.8 Å². The van der Waals surface area contributed by atoms with Crippen molar-refractivity contribution in [2.24, 2.45) is 5.41 Å². The highest BCUT2D eigenvalue weighted by atomic mass is 16.5. The summed E-state index contributed by atoms with van der Waals surface area (Å²) in [5.41, 5.74) is 0.0348. The van der Waals surface area contributed by atoms with E-state index in [1.807, 2.05) is 27.7 Å². The summed E-state index contributed by atoms with van der Waals surface area (Å²) in [4.78, 5) is 24.0. The molecule has 4 nitrogen and oxygen atoms in total. The molecule has 0 fully saturated rings. The molecule has 0 radical (unpaired) electrons. The van der Waals surface area contributed by atoms with Crippen LogP contribution in [0.3, 0.4) is 0 Å². The van der Waals surface area contributed by atoms with Gasteiger partial charge in [-0.05, 0) is 36.5 Å². The first kappa shape index (κ1) is 16.5. The van der Waals surface area contributed by atoms with Crippen LogP contribution in [-0.4, -0.2) is 23.0 Å². The number of ketones is 1. The number of aliphatic carboxylic acids is 1. The van der Waals surface area contributed by atoms with Crippen molar-refractivity contribution in [1.29, 1.82) is 0 Å². The van der Waals surface area contributed by atoms with E-state index in [0.717, 1.165) is 0 Å². The van der Waals surface area contributed by atoms with Gasteiger partial charge in [-0.1, -0.05) is 33.8 Å². The van der Waals surface area contributed by atoms with Crippen LogP contribution < -0.4 is 4.74 Å². The number of fused-ring (bicyclic) bond motifs is 1. The van der Waals surface area contributed by atoms with Gasteiger partial charge in [0.1, 0.15) is 11.9 Å². The lowest BCUT2D eigenvalue weighted by molar-refractivity contribution is -0.143. The standard InChI is InChI=1S/C18H24O4/c1-6-18(5,16(20)21)11-7-8-14-12(9-11)13(19)10-15(22-14)17(2,3)4/h7-9,15H,6,10H2,1-5H3,(H,20,21). The first-order valence-corrected chi connectivity index (χ1v) is 7.67. The maximum absolute atomic E-state index is 12.5. The third kappa shape index (κ3) is 2.74. The minimum absolute atomic E-state index is 0.0202. The van der Waals surface area contributed by atoms with Gasteiger partial charge in [0.05, 0.1) is 11.0 Å². The van der Waals surface area contributed by atoms with Crippen molar-refractivity contribution in [1.82, 2.24) is 0 Å². The molecule has 0 aliphatic carbocycles. The maximum atomic E-state index is 12.5. The molecular weight excluding hydrogens is 280 g/mol. The van der Waals surface area contributed by atoms with Crippen LogP contribution in [0, 0.1) is 5.41 Å². The highest BCUT2D eigenvalue weighted by molar-refractivity contribution is 6.00. The van der Waals surface area contributed by atoms with Crippen molar-refractivity contribution in [3.8, 4) is 5.75 Å². The van der Waals surface area contributed by atoms with Crippen molar-refractivity contribution < 1.29 is 19.4 Å². The van der Waals surface area contributed by atoms with Crippen LogP contribution in [0.5, 0.6) is 5.75 Å². The molecule has 1 aromatic rings. The van der Waals surface area contributed by atoms with Crippen molar-refractivity contribution in [3.63, 3.8) is 0 Å². The fourth-order valence-corrected chi connectivity index (χ4v) is 2.63. The van der Waals surface area contributed by atoms with E-state index in [-0.39, 0.29) is 17.3 Å². The predicted octanol–water partition coefficient (Wildman–Crippen LogP) is 3.82. The first-order chi connectivity index (χ1) is 10.1. The Bertz CT molecular complexity index is 612. The number of carboxylic acids is 1. The Morgan fingerprint density at radius 2 is 1.95 bits per heavy atom. The summed E-state index contributed by atoms with van der Waals surface area (Å²) in [5.74, 6) is -0.303. The second-order valence-electron chi connectivity index (χ2n) is 7.30. The minimum Gasteiger partial charge on any atom is -0.489 e. The molecule has 0 amide bonds. The molecule has 1 N–H and O–H groups in total. The molecule has 2 atom stereocenters. The van der Waals surface area contributed by atoms with Crippen LogP contribution >= 0.6 is 0 Å². The largest absolute Gasteiger partial charge is 0.489 e. The summed E-state index contributed by atoms with van der Waals surface area (Å²) < 4.78 is 5.96. The molecule has 22 heavy (non-hydrogen) atoms. The minimum atomic E-state index is -0.990. The van der Waals surface area contributed by atoms with Crippen LogP contribution in [0.25, 0.3) is 0 Å². The summed E-state index contributed by atoms with van der Waals surface area (Å²) >= 11 is 0. The highest BCUT2D eigenvalue weighted by Gasteiger charge is 2.37. The number of hydrogen-bond acceptors (Lipinski definition) is 3. The lowest BCUT2D eigenvalue weighted by Gasteiger charge is -2.35. The molecule has 0 bridgehead atoms. The van der Waals surface area contributed by atoms with Gasteiger partial charge in [-0.3, -0.25) is 9.59 Å². The third-order valence-electron chi connectivity index (χ3n) is 4.70. The monoisotopic (exact) mass is 304 g/mol. The number of carboxylic acid groups (broad SMARTS) is 1. The van der Waals surface area contributed by atoms with Gasteiger partial charge < -0.3 is 9.84 Å². The summed E-state index contributed by atoms with van der Waals surface area (Å²) in [6.45, 7) is 9.65. The predicted molar refractivity (Wildman–Crippen MR) is 84.5 cm³/mol. The van der Waals surface area contributed by atoms with Gasteiger partial charge in [-0.2, -0.15) is 0 Å². The molecular formula is C18H24O4. The van der Waals surface area contributed by atoms with Gasteiger partial charge in [-0.25, -0.2) is 0 Å². The van der Waals surface area contributed by atoms with E-state index in [2.05, 4.69) is 0 Å². The number of benzene rings is 1. The molecule has 1 aromatic carbocycles. The molecule has 0 saturated carbocycles. The Kier molecular flexibility index (Phi) is 4.07. The quantitative estimate of drug-likeness (QED) is 0.922. The molecule has 2 unspecified atom stereocenters. The van der Waals surface area contributed by atoms with Crippen LogP contribution in [0.2, 0.25) is 0 Å². The Balaban J connectivity index is 2.44. The second-order valence-corrected chi connectivity index (χ2v) is 7.30. The summed E-state index contributed by atoms with van der Waals surface area (Å²) in [5, 5.41) is 9.49. The van der Waals surface area contributed by atoms with E-state index in [1.165, 1.54) is 0 Å². The fraction of sp³-hybridized carbons (Fsp3) is 0.556. The van der Waals surface area contributed by atoms with Gasteiger partial charge in [0.15, 0.2) is 5.78 Å². The Hall–Kier alpha value is -1.84. The van der Waals surface area contributed by atoms with Gasteiger partial charge in [0, 0.05) is 6.42 Å². The first-order valence-electron chi connectivity index (χ1n) is 7.67. The maximum Gasteiger partial charge on any atom is 0.313 e. The number of hydrogen-bond donors (Lipinski definition) is 1. The van der Waals surface area contributed by atoms with E-state index >= 15 is 0 Å². The lowest BCUT2D eigenvalue weighted by Crippen LogP contribution is -2.38. The van der Waals surface area contributed by atoms with E-state index in [1.54, 1.807) is 25.1 Å². The number of carbonyl (C=O) groups excluding carboxylic acids is 1. The average Bonchev–Trinajstić information content (AvgIpc) is 2.44. The van der Waals surface area contributed by atoms with Crippen LogP contribution in [0.4, 0.5) is 0 Å². The second kappa shape index (κ2) is 5.41. The molecule has 0 aromatic heterocycles. The molecule has 0 spiro atoms. The average molecular weight is 304 g/mol. The van der Waals surface area contributed by atoms with Crippen LogP contribution in [0.1, 0.15) is 63.4 Å². The molecule has 0 saturated heterocycles. The Morgan fingerprint density at radius 3 is 2.45 bits per heavy atom. The fourth-order valence-electron chi connectivity index (χ4n) is 2.63. The molecule has 1 aliphatic heterocycles. The Labute approximate surface area is 131 Å². The van der Waals surface area contributed by atoms with E-state index in [4.69, 9.17) is 4.74 Å². The van der Waals surface area contributed by atoms with Gasteiger partial charge >= 0.3 is 5.97 Å². The molecule has 4 heteroatoms. The van der Waals surface area contributed by atoms with Gasteiger partial charge in [-0.15, -0.1) is 0 Å². The van der Waals surface area contributed by atoms with Gasteiger partial charge in [0.25, 0.3) is 0 Å². The normalized spacial score (nSPS) is 20.8. The third-order valence-corrected chi connectivity index (χ3v) is 4.70. The smallest absolute Gasteiger partial charge is 0.313 e. The molecule has 2 rings (SSSR count). The highest BCUT2D eigenvalue weighted by Crippen LogP contribution is 2.38. The summed E-state index contributed by atoms with van der Waals surface area (Å²) in [6.07, 6.45) is 0.631. The zero-order valence-electron chi connectivity index (χ0n) is 13.9. The van der Waals surface area contributed by atoms with E-state index < -0.39 is 11.4 Å². The van der Waals surface area contributed by atoms with E-state index in [9.17, 15) is 14.7 Å². The number of rotatable bonds is 3. The van der Waals surface area contributed by atoms with Crippen LogP contribution in [0.15, 0.2) is 18.2 Å². The van der Waals surface area contributed by atoms with Crippen molar-refractivity contribution in [3.05, 3.63) is 29.3 Å². The Morgan fingerprint density at radius 1 is 1.32 bits per heavy atom. The topological polar surface area (TPSA) is 63.6 Å². The van der Waals surface area contributed by atoms with Gasteiger partial charge in [0.2, 0.25) is 0 Å². The summed E-state index contributed by atoms with van der Waals surface area (Å²) in [7, 11) is 0. The lowest BCUT2D eigenvalue weighted by atomic mass is 9.78. The molecule has 120 valence electrons. The zero-order valence-corrected chi connectivity index (χ0v) is 13.9. The molecule has 1 heterocycles. The van der Waals surface area contributed by atoms with E-state index in [0.29, 0.717) is 29.7 Å². The summed E-state index contributed by atoms with van der Waals surface area (Å²) in [6, 6.07) is 5.18.